The highest BCUT2D eigenvalue weighted by molar-refractivity contribution is 5.65. The Kier molecular flexibility index (Phi) is 3.89. The number of anilines is 1. The lowest BCUT2D eigenvalue weighted by Crippen LogP contribution is -2.52. The van der Waals surface area contributed by atoms with Gasteiger partial charge in [-0.05, 0) is 0 Å². The van der Waals surface area contributed by atoms with Crippen molar-refractivity contribution in [2.75, 3.05) is 37.7 Å². The zero-order chi connectivity index (χ0) is 14.8. The molecule has 0 saturated carbocycles. The van der Waals surface area contributed by atoms with Gasteiger partial charge in [-0.25, -0.2) is 14.8 Å². The number of aromatic nitrogens is 2. The number of nitrogens with one attached hydrogen (secondary N) is 1. The number of piperazine rings is 1. The van der Waals surface area contributed by atoms with Crippen molar-refractivity contribution in [3.05, 3.63) is 17.5 Å². The van der Waals surface area contributed by atoms with E-state index in [2.05, 4.69) is 20.2 Å². The minimum absolute atomic E-state index is 0.0425. The van der Waals surface area contributed by atoms with Gasteiger partial charge in [-0.2, -0.15) is 0 Å². The molecule has 0 radical (unpaired) electrons. The molecular weight excluding hydrogens is 274 g/mol. The molecule has 0 aromatic carbocycles. The van der Waals surface area contributed by atoms with Crippen LogP contribution in [0.4, 0.5) is 10.7 Å². The fraction of sp³-hybridized carbons (Fsp3) is 0.615. The maximum absolute atomic E-state index is 11.0. The molecule has 1 aromatic rings. The van der Waals surface area contributed by atoms with Crippen LogP contribution in [-0.2, 0) is 13.0 Å². The lowest BCUT2D eigenvalue weighted by atomic mass is 10.1. The second-order valence-electron chi connectivity index (χ2n) is 5.38. The van der Waals surface area contributed by atoms with Crippen molar-refractivity contribution in [3.63, 3.8) is 0 Å². The molecule has 8 nitrogen and oxygen atoms in total. The molecule has 1 fully saturated rings. The van der Waals surface area contributed by atoms with Gasteiger partial charge in [0, 0.05) is 50.4 Å². The summed E-state index contributed by atoms with van der Waals surface area (Å²) in [6, 6.07) is 0.0425. The average Bonchev–Trinajstić information content (AvgIpc) is 2.53. The third kappa shape index (κ3) is 2.91. The van der Waals surface area contributed by atoms with Crippen LogP contribution in [-0.4, -0.2) is 70.0 Å². The first kappa shape index (κ1) is 14.0. The normalized spacial score (nSPS) is 22.0. The minimum atomic E-state index is -0.905. The molecule has 1 saturated heterocycles. The van der Waals surface area contributed by atoms with Crippen molar-refractivity contribution >= 4 is 12.0 Å². The lowest BCUT2D eigenvalue weighted by molar-refractivity contribution is 0.139. The monoisotopic (exact) mass is 293 g/mol. The highest BCUT2D eigenvalue weighted by Crippen LogP contribution is 2.19. The lowest BCUT2D eigenvalue weighted by Gasteiger charge is -2.33. The first-order valence-corrected chi connectivity index (χ1v) is 7.09. The van der Waals surface area contributed by atoms with Crippen LogP contribution in [0.2, 0.25) is 0 Å². The van der Waals surface area contributed by atoms with Gasteiger partial charge in [0.25, 0.3) is 0 Å². The maximum atomic E-state index is 11.0. The zero-order valence-corrected chi connectivity index (χ0v) is 11.7. The van der Waals surface area contributed by atoms with Gasteiger partial charge in [0.2, 0.25) is 5.95 Å². The molecule has 8 heteroatoms. The summed E-state index contributed by atoms with van der Waals surface area (Å²) < 4.78 is 0. The fourth-order valence-corrected chi connectivity index (χ4v) is 2.75. The largest absolute Gasteiger partial charge is 0.465 e. The van der Waals surface area contributed by atoms with Crippen LogP contribution in [0.1, 0.15) is 11.3 Å². The Morgan fingerprint density at radius 3 is 3.10 bits per heavy atom. The van der Waals surface area contributed by atoms with Crippen molar-refractivity contribution in [1.29, 1.82) is 0 Å². The van der Waals surface area contributed by atoms with Gasteiger partial charge in [-0.3, -0.25) is 0 Å². The van der Waals surface area contributed by atoms with E-state index in [1.807, 2.05) is 0 Å². The van der Waals surface area contributed by atoms with E-state index < -0.39 is 6.09 Å². The standard InChI is InChI=1S/C13H19N5O3/c19-8-10-7-17(4-2-14-10)12-15-5-9-6-18(13(20)21)3-1-11(9)16-12/h5,10,14,19H,1-4,6-8H2,(H,20,21). The number of amides is 1. The van der Waals surface area contributed by atoms with Crippen LogP contribution in [0.15, 0.2) is 6.20 Å². The van der Waals surface area contributed by atoms with Gasteiger partial charge in [0.1, 0.15) is 0 Å². The molecule has 0 aliphatic carbocycles. The molecule has 1 aromatic heterocycles. The molecule has 21 heavy (non-hydrogen) atoms. The summed E-state index contributed by atoms with van der Waals surface area (Å²) in [6.45, 7) is 3.19. The molecule has 2 aliphatic rings. The van der Waals surface area contributed by atoms with Gasteiger partial charge in [0.05, 0.1) is 18.8 Å². The Morgan fingerprint density at radius 1 is 1.48 bits per heavy atom. The van der Waals surface area contributed by atoms with Gasteiger partial charge in [0.15, 0.2) is 0 Å². The smallest absolute Gasteiger partial charge is 0.407 e. The van der Waals surface area contributed by atoms with Crippen LogP contribution in [0.25, 0.3) is 0 Å². The van der Waals surface area contributed by atoms with E-state index in [0.29, 0.717) is 32.0 Å². The number of aliphatic hydroxyl groups is 1. The highest BCUT2D eigenvalue weighted by Gasteiger charge is 2.24. The second kappa shape index (κ2) is 5.82. The predicted molar refractivity (Wildman–Crippen MR) is 75.3 cm³/mol. The number of nitrogens with zero attached hydrogens (tertiary/aromatic N) is 4. The number of rotatable bonds is 2. The average molecular weight is 293 g/mol. The second-order valence-corrected chi connectivity index (χ2v) is 5.38. The van der Waals surface area contributed by atoms with E-state index in [-0.39, 0.29) is 12.6 Å². The minimum Gasteiger partial charge on any atom is -0.465 e. The van der Waals surface area contributed by atoms with E-state index in [1.165, 1.54) is 4.90 Å². The summed E-state index contributed by atoms with van der Waals surface area (Å²) in [5, 5.41) is 21.5. The number of hydrogen-bond acceptors (Lipinski definition) is 6. The molecule has 2 aliphatic heterocycles. The van der Waals surface area contributed by atoms with E-state index in [9.17, 15) is 9.90 Å². The van der Waals surface area contributed by atoms with Gasteiger partial charge < -0.3 is 25.3 Å². The molecule has 3 heterocycles. The Hall–Kier alpha value is -1.93. The van der Waals surface area contributed by atoms with E-state index in [4.69, 9.17) is 5.11 Å². The number of aliphatic hydroxyl groups excluding tert-OH is 1. The van der Waals surface area contributed by atoms with E-state index in [0.717, 1.165) is 24.3 Å². The molecule has 0 bridgehead atoms. The Morgan fingerprint density at radius 2 is 2.33 bits per heavy atom. The van der Waals surface area contributed by atoms with Crippen molar-refractivity contribution < 1.29 is 15.0 Å². The van der Waals surface area contributed by atoms with Crippen LogP contribution in [0.3, 0.4) is 0 Å². The van der Waals surface area contributed by atoms with Crippen LogP contribution < -0.4 is 10.2 Å². The van der Waals surface area contributed by atoms with Crippen molar-refractivity contribution in [2.24, 2.45) is 0 Å². The molecule has 0 spiro atoms. The number of carbonyl (C=O) groups is 1. The predicted octanol–water partition coefficient (Wildman–Crippen LogP) is -0.717. The fourth-order valence-electron chi connectivity index (χ4n) is 2.75. The summed E-state index contributed by atoms with van der Waals surface area (Å²) in [7, 11) is 0. The Labute approximate surface area is 122 Å². The van der Waals surface area contributed by atoms with E-state index >= 15 is 0 Å². The molecular formula is C13H19N5O3. The molecule has 1 unspecified atom stereocenters. The number of carboxylic acid groups (broad SMARTS) is 1. The highest BCUT2D eigenvalue weighted by atomic mass is 16.4. The first-order chi connectivity index (χ1) is 10.2. The number of fused-ring (bicyclic) bond motifs is 1. The third-order valence-corrected chi connectivity index (χ3v) is 3.95. The summed E-state index contributed by atoms with van der Waals surface area (Å²) in [5.41, 5.74) is 1.80. The van der Waals surface area contributed by atoms with Gasteiger partial charge >= 0.3 is 6.09 Å². The third-order valence-electron chi connectivity index (χ3n) is 3.95. The molecule has 114 valence electrons. The molecule has 1 atom stereocenters. The summed E-state index contributed by atoms with van der Waals surface area (Å²) in [4.78, 5) is 23.4. The Balaban J connectivity index is 1.76. The summed E-state index contributed by atoms with van der Waals surface area (Å²) in [6.07, 6.45) is 1.44. The van der Waals surface area contributed by atoms with Gasteiger partial charge in [-0.1, -0.05) is 0 Å². The van der Waals surface area contributed by atoms with E-state index in [1.54, 1.807) is 6.20 Å². The van der Waals surface area contributed by atoms with Crippen LogP contribution in [0, 0.1) is 0 Å². The Bertz CT molecular complexity index is 539. The van der Waals surface area contributed by atoms with Crippen LogP contribution in [0.5, 0.6) is 0 Å². The van der Waals surface area contributed by atoms with Crippen molar-refractivity contribution in [1.82, 2.24) is 20.2 Å². The number of hydrogen-bond donors (Lipinski definition) is 3. The topological polar surface area (TPSA) is 102 Å². The molecule has 1 amide bonds. The molecule has 3 N–H and O–H groups in total. The first-order valence-electron chi connectivity index (χ1n) is 7.09. The van der Waals surface area contributed by atoms with Crippen LogP contribution >= 0.6 is 0 Å². The SMILES string of the molecule is O=C(O)N1CCc2nc(N3CCNC(CO)C3)ncc2C1. The zero-order valence-electron chi connectivity index (χ0n) is 11.7. The van der Waals surface area contributed by atoms with Gasteiger partial charge in [-0.15, -0.1) is 0 Å². The molecule has 3 rings (SSSR count). The van der Waals surface area contributed by atoms with Crippen molar-refractivity contribution in [3.8, 4) is 0 Å². The van der Waals surface area contributed by atoms with Crippen molar-refractivity contribution in [2.45, 2.75) is 19.0 Å². The summed E-state index contributed by atoms with van der Waals surface area (Å²) in [5.74, 6) is 0.664. The quantitative estimate of drug-likeness (QED) is 0.661. The maximum Gasteiger partial charge on any atom is 0.407 e. The summed E-state index contributed by atoms with van der Waals surface area (Å²) >= 11 is 0.